The van der Waals surface area contributed by atoms with Crippen LogP contribution in [0.1, 0.15) is 44.6 Å². The molecule has 2 heteroatoms. The zero-order chi connectivity index (χ0) is 13.0. The van der Waals surface area contributed by atoms with Crippen LogP contribution < -0.4 is 5.32 Å². The SMILES string of the molecule is CC(C)c1ccc(NCC2CCCCN2C)cc1. The van der Waals surface area contributed by atoms with Crippen molar-refractivity contribution in [2.45, 2.75) is 45.1 Å². The van der Waals surface area contributed by atoms with Crippen LogP contribution in [0, 0.1) is 0 Å². The zero-order valence-electron chi connectivity index (χ0n) is 11.9. The first-order chi connectivity index (χ1) is 8.66. The van der Waals surface area contributed by atoms with Gasteiger partial charge in [-0.05, 0) is 50.0 Å². The number of nitrogens with one attached hydrogen (secondary N) is 1. The lowest BCUT2D eigenvalue weighted by Gasteiger charge is -2.32. The summed E-state index contributed by atoms with van der Waals surface area (Å²) in [6.07, 6.45) is 4.06. The predicted molar refractivity (Wildman–Crippen MR) is 79.3 cm³/mol. The fraction of sp³-hybridized carbons (Fsp3) is 0.625. The molecule has 1 N–H and O–H groups in total. The lowest BCUT2D eigenvalue weighted by molar-refractivity contribution is 0.194. The van der Waals surface area contributed by atoms with Crippen LogP contribution in [0.2, 0.25) is 0 Å². The number of likely N-dealkylation sites (N-methyl/N-ethyl adjacent to an activating group) is 1. The number of nitrogens with zero attached hydrogens (tertiary/aromatic N) is 1. The summed E-state index contributed by atoms with van der Waals surface area (Å²) in [5.41, 5.74) is 2.66. The first kappa shape index (κ1) is 13.4. The van der Waals surface area contributed by atoms with Gasteiger partial charge in [0.05, 0.1) is 0 Å². The lowest BCUT2D eigenvalue weighted by Crippen LogP contribution is -2.40. The van der Waals surface area contributed by atoms with E-state index in [1.54, 1.807) is 0 Å². The Hall–Kier alpha value is -1.02. The second kappa shape index (κ2) is 6.24. The summed E-state index contributed by atoms with van der Waals surface area (Å²) < 4.78 is 0. The predicted octanol–water partition coefficient (Wildman–Crippen LogP) is 3.71. The van der Waals surface area contributed by atoms with Gasteiger partial charge in [0.1, 0.15) is 0 Å². The fourth-order valence-corrected chi connectivity index (χ4v) is 2.62. The molecular weight excluding hydrogens is 220 g/mol. The van der Waals surface area contributed by atoms with E-state index in [2.05, 4.69) is 55.4 Å². The molecule has 1 atom stereocenters. The molecule has 0 aliphatic carbocycles. The number of likely N-dealkylation sites (tertiary alicyclic amines) is 1. The first-order valence-corrected chi connectivity index (χ1v) is 7.21. The van der Waals surface area contributed by atoms with E-state index < -0.39 is 0 Å². The van der Waals surface area contributed by atoms with Crippen LogP contribution in [0.4, 0.5) is 5.69 Å². The Labute approximate surface area is 111 Å². The molecule has 1 saturated heterocycles. The largest absolute Gasteiger partial charge is 0.383 e. The van der Waals surface area contributed by atoms with Crippen molar-refractivity contribution in [1.82, 2.24) is 4.90 Å². The van der Waals surface area contributed by atoms with E-state index in [-0.39, 0.29) is 0 Å². The second-order valence-electron chi connectivity index (χ2n) is 5.79. The monoisotopic (exact) mass is 246 g/mol. The van der Waals surface area contributed by atoms with E-state index in [4.69, 9.17) is 0 Å². The Morgan fingerprint density at radius 2 is 1.94 bits per heavy atom. The molecule has 2 rings (SSSR count). The minimum atomic E-state index is 0.614. The minimum Gasteiger partial charge on any atom is -0.383 e. The van der Waals surface area contributed by atoms with Gasteiger partial charge in [-0.3, -0.25) is 0 Å². The van der Waals surface area contributed by atoms with E-state index in [0.29, 0.717) is 12.0 Å². The van der Waals surface area contributed by atoms with Gasteiger partial charge in [-0.2, -0.15) is 0 Å². The summed E-state index contributed by atoms with van der Waals surface area (Å²) in [6.45, 7) is 6.79. The molecule has 0 amide bonds. The number of hydrogen-bond donors (Lipinski definition) is 1. The van der Waals surface area contributed by atoms with Crippen molar-refractivity contribution >= 4 is 5.69 Å². The smallest absolute Gasteiger partial charge is 0.0340 e. The zero-order valence-corrected chi connectivity index (χ0v) is 11.9. The van der Waals surface area contributed by atoms with Crippen LogP contribution in [-0.2, 0) is 0 Å². The molecule has 1 aliphatic heterocycles. The average Bonchev–Trinajstić information content (AvgIpc) is 2.38. The Morgan fingerprint density at radius 1 is 1.22 bits per heavy atom. The van der Waals surface area contributed by atoms with Crippen LogP contribution in [-0.4, -0.2) is 31.1 Å². The summed E-state index contributed by atoms with van der Waals surface area (Å²) >= 11 is 0. The van der Waals surface area contributed by atoms with Crippen LogP contribution in [0.3, 0.4) is 0 Å². The van der Waals surface area contributed by atoms with Crippen LogP contribution >= 0.6 is 0 Å². The lowest BCUT2D eigenvalue weighted by atomic mass is 10.0. The maximum atomic E-state index is 3.57. The second-order valence-corrected chi connectivity index (χ2v) is 5.79. The topological polar surface area (TPSA) is 15.3 Å². The molecular formula is C16H26N2. The standard InChI is InChI=1S/C16H26N2/c1-13(2)14-7-9-15(10-8-14)17-12-16-6-4-5-11-18(16)3/h7-10,13,16-17H,4-6,11-12H2,1-3H3. The highest BCUT2D eigenvalue weighted by molar-refractivity contribution is 5.45. The molecule has 1 aromatic rings. The summed E-state index contributed by atoms with van der Waals surface area (Å²) in [5, 5.41) is 3.57. The van der Waals surface area contributed by atoms with Gasteiger partial charge in [0.25, 0.3) is 0 Å². The molecule has 0 bridgehead atoms. The third-order valence-corrected chi connectivity index (χ3v) is 4.04. The minimum absolute atomic E-state index is 0.614. The van der Waals surface area contributed by atoms with Crippen LogP contribution in [0.15, 0.2) is 24.3 Å². The number of benzene rings is 1. The molecule has 2 nitrogen and oxygen atoms in total. The third-order valence-electron chi connectivity index (χ3n) is 4.04. The Morgan fingerprint density at radius 3 is 2.56 bits per heavy atom. The Balaban J connectivity index is 1.85. The molecule has 18 heavy (non-hydrogen) atoms. The van der Waals surface area contributed by atoms with Crippen molar-refractivity contribution in [1.29, 1.82) is 0 Å². The Bertz CT molecular complexity index is 356. The van der Waals surface area contributed by atoms with Gasteiger partial charge in [-0.25, -0.2) is 0 Å². The molecule has 1 heterocycles. The van der Waals surface area contributed by atoms with Gasteiger partial charge in [0, 0.05) is 18.3 Å². The number of hydrogen-bond acceptors (Lipinski definition) is 2. The van der Waals surface area contributed by atoms with Crippen molar-refractivity contribution in [3.63, 3.8) is 0 Å². The summed E-state index contributed by atoms with van der Waals surface area (Å²) in [6, 6.07) is 9.58. The molecule has 1 aliphatic rings. The van der Waals surface area contributed by atoms with Crippen molar-refractivity contribution in [3.05, 3.63) is 29.8 Å². The molecule has 0 saturated carbocycles. The highest BCUT2D eigenvalue weighted by atomic mass is 15.2. The quantitative estimate of drug-likeness (QED) is 0.871. The van der Waals surface area contributed by atoms with Crippen molar-refractivity contribution in [2.75, 3.05) is 25.5 Å². The van der Waals surface area contributed by atoms with Crippen LogP contribution in [0.25, 0.3) is 0 Å². The Kier molecular flexibility index (Phi) is 4.65. The first-order valence-electron chi connectivity index (χ1n) is 7.21. The van der Waals surface area contributed by atoms with Crippen LogP contribution in [0.5, 0.6) is 0 Å². The van der Waals surface area contributed by atoms with Gasteiger partial charge >= 0.3 is 0 Å². The normalized spacial score (nSPS) is 21.2. The molecule has 0 spiro atoms. The molecule has 1 unspecified atom stereocenters. The highest BCUT2D eigenvalue weighted by Crippen LogP contribution is 2.19. The number of rotatable bonds is 4. The van der Waals surface area contributed by atoms with Gasteiger partial charge in [0.15, 0.2) is 0 Å². The molecule has 100 valence electrons. The maximum absolute atomic E-state index is 3.57. The molecule has 1 fully saturated rings. The van der Waals surface area contributed by atoms with E-state index in [1.807, 2.05) is 0 Å². The highest BCUT2D eigenvalue weighted by Gasteiger charge is 2.18. The van der Waals surface area contributed by atoms with E-state index in [0.717, 1.165) is 6.54 Å². The molecule has 1 aromatic carbocycles. The molecule has 0 radical (unpaired) electrons. The maximum Gasteiger partial charge on any atom is 0.0340 e. The third kappa shape index (κ3) is 3.49. The number of anilines is 1. The molecule has 0 aromatic heterocycles. The summed E-state index contributed by atoms with van der Waals surface area (Å²) in [4.78, 5) is 2.49. The fourth-order valence-electron chi connectivity index (χ4n) is 2.62. The average molecular weight is 246 g/mol. The van der Waals surface area contributed by atoms with E-state index in [9.17, 15) is 0 Å². The van der Waals surface area contributed by atoms with Gasteiger partial charge in [0.2, 0.25) is 0 Å². The van der Waals surface area contributed by atoms with E-state index >= 15 is 0 Å². The van der Waals surface area contributed by atoms with Crippen molar-refractivity contribution in [3.8, 4) is 0 Å². The summed E-state index contributed by atoms with van der Waals surface area (Å²) in [7, 11) is 2.24. The van der Waals surface area contributed by atoms with Crippen molar-refractivity contribution < 1.29 is 0 Å². The van der Waals surface area contributed by atoms with Gasteiger partial charge in [-0.1, -0.05) is 32.4 Å². The number of piperidine rings is 1. The van der Waals surface area contributed by atoms with Gasteiger partial charge < -0.3 is 10.2 Å². The van der Waals surface area contributed by atoms with Crippen molar-refractivity contribution in [2.24, 2.45) is 0 Å². The summed E-state index contributed by atoms with van der Waals surface area (Å²) in [5.74, 6) is 0.614. The van der Waals surface area contributed by atoms with E-state index in [1.165, 1.54) is 37.1 Å². The van der Waals surface area contributed by atoms with Gasteiger partial charge in [-0.15, -0.1) is 0 Å².